The van der Waals surface area contributed by atoms with Gasteiger partial charge in [0.15, 0.2) is 0 Å². The Bertz CT molecular complexity index is 1330. The molecule has 2 atom stereocenters. The zero-order valence-corrected chi connectivity index (χ0v) is 19.7. The average molecular weight is 456 g/mol. The number of para-hydroxylation sites is 1. The van der Waals surface area contributed by atoms with Gasteiger partial charge in [-0.15, -0.1) is 0 Å². The summed E-state index contributed by atoms with van der Waals surface area (Å²) in [5.41, 5.74) is 3.06. The third-order valence-electron chi connectivity index (χ3n) is 5.77. The number of fused-ring (bicyclic) bond motifs is 1. The lowest BCUT2D eigenvalue weighted by Gasteiger charge is -2.29. The summed E-state index contributed by atoms with van der Waals surface area (Å²) in [6.45, 7) is 6.52. The molecule has 0 spiro atoms. The summed E-state index contributed by atoms with van der Waals surface area (Å²) in [6.07, 6.45) is 1.42. The van der Waals surface area contributed by atoms with Crippen molar-refractivity contribution in [1.29, 1.82) is 4.78 Å². The molecule has 32 heavy (non-hydrogen) atoms. The molecule has 8 nitrogen and oxygen atoms in total. The first-order valence-corrected chi connectivity index (χ1v) is 12.6. The van der Waals surface area contributed by atoms with Crippen LogP contribution in [0.1, 0.15) is 24.1 Å². The summed E-state index contributed by atoms with van der Waals surface area (Å²) in [4.78, 5) is 20.7. The van der Waals surface area contributed by atoms with Gasteiger partial charge in [-0.3, -0.25) is 9.36 Å². The van der Waals surface area contributed by atoms with Crippen LogP contribution in [0.4, 0.5) is 11.6 Å². The monoisotopic (exact) mass is 455 g/mol. The van der Waals surface area contributed by atoms with E-state index in [1.807, 2.05) is 38.1 Å². The normalized spacial score (nSPS) is 17.2. The maximum atomic E-state index is 13.2. The van der Waals surface area contributed by atoms with Crippen molar-refractivity contribution in [2.24, 2.45) is 7.05 Å². The van der Waals surface area contributed by atoms with Crippen molar-refractivity contribution in [1.82, 2.24) is 9.55 Å². The number of benzene rings is 2. The van der Waals surface area contributed by atoms with Crippen LogP contribution in [-0.4, -0.2) is 46.3 Å². The highest BCUT2D eigenvalue weighted by Crippen LogP contribution is 2.30. The Morgan fingerprint density at radius 1 is 1.22 bits per heavy atom. The zero-order chi connectivity index (χ0) is 23.0. The molecule has 1 aromatic heterocycles. The van der Waals surface area contributed by atoms with Crippen molar-refractivity contribution < 1.29 is 8.95 Å². The fraction of sp³-hybridized carbons (Fsp3) is 0.391. The summed E-state index contributed by atoms with van der Waals surface area (Å²) in [5, 5.41) is 3.97. The second-order valence-corrected chi connectivity index (χ2v) is 10.5. The molecule has 2 heterocycles. The Hall–Kier alpha value is -2.91. The lowest BCUT2D eigenvalue weighted by atomic mass is 10.0. The molecule has 0 aliphatic carbocycles. The number of aromatic nitrogens is 2. The van der Waals surface area contributed by atoms with Crippen LogP contribution in [0.2, 0.25) is 0 Å². The minimum atomic E-state index is -2.90. The number of hydrogen-bond acceptors (Lipinski definition) is 7. The van der Waals surface area contributed by atoms with Crippen molar-refractivity contribution in [3.8, 4) is 0 Å². The fourth-order valence-corrected chi connectivity index (χ4v) is 5.04. The van der Waals surface area contributed by atoms with Crippen LogP contribution >= 0.6 is 0 Å². The SMILES string of the molecule is Cc1cc(C(C)Nc2ccccc2S(C)(=N)=O)c2nc(N3CCOCC3)n(C)c(=O)c2c1. The van der Waals surface area contributed by atoms with Crippen LogP contribution in [0, 0.1) is 11.7 Å². The van der Waals surface area contributed by atoms with Crippen LogP contribution < -0.4 is 15.8 Å². The van der Waals surface area contributed by atoms with Gasteiger partial charge in [-0.25, -0.2) is 14.0 Å². The number of nitrogens with one attached hydrogen (secondary N) is 2. The molecule has 2 unspecified atom stereocenters. The van der Waals surface area contributed by atoms with Crippen LogP contribution in [0.25, 0.3) is 10.9 Å². The maximum absolute atomic E-state index is 13.2. The highest BCUT2D eigenvalue weighted by Gasteiger charge is 2.21. The Balaban J connectivity index is 1.84. The van der Waals surface area contributed by atoms with Gasteiger partial charge in [0.1, 0.15) is 0 Å². The topological polar surface area (TPSA) is 100 Å². The molecule has 170 valence electrons. The molecule has 9 heteroatoms. The summed E-state index contributed by atoms with van der Waals surface area (Å²) >= 11 is 0. The first kappa shape index (κ1) is 22.3. The van der Waals surface area contributed by atoms with Crippen molar-refractivity contribution in [2.45, 2.75) is 24.8 Å². The Kier molecular flexibility index (Phi) is 5.96. The van der Waals surface area contributed by atoms with E-state index in [4.69, 9.17) is 14.5 Å². The number of aryl methyl sites for hydroxylation is 1. The second-order valence-electron chi connectivity index (χ2n) is 8.33. The number of anilines is 2. The van der Waals surface area contributed by atoms with Gasteiger partial charge in [0.25, 0.3) is 5.56 Å². The summed E-state index contributed by atoms with van der Waals surface area (Å²) in [5.74, 6) is 0.631. The van der Waals surface area contributed by atoms with E-state index in [2.05, 4.69) is 10.2 Å². The van der Waals surface area contributed by atoms with Crippen molar-refractivity contribution in [2.75, 3.05) is 42.8 Å². The van der Waals surface area contributed by atoms with Crippen molar-refractivity contribution >= 4 is 32.3 Å². The molecule has 1 fully saturated rings. The molecule has 0 saturated carbocycles. The Morgan fingerprint density at radius 3 is 2.59 bits per heavy atom. The quantitative estimate of drug-likeness (QED) is 0.612. The highest BCUT2D eigenvalue weighted by molar-refractivity contribution is 7.91. The van der Waals surface area contributed by atoms with E-state index in [0.717, 1.165) is 11.1 Å². The van der Waals surface area contributed by atoms with Gasteiger partial charge >= 0.3 is 0 Å². The standard InChI is InChI=1S/C23H29N5O3S/c1-15-13-17(16(2)25-19-7-5-6-8-20(19)32(4,24)30)21-18(14-15)22(29)27(3)23(26-21)28-9-11-31-12-10-28/h5-8,13-14,16,24-25H,9-12H2,1-4H3. The van der Waals surface area contributed by atoms with E-state index in [1.165, 1.54) is 6.26 Å². The minimum Gasteiger partial charge on any atom is -0.378 e. The molecule has 1 aliphatic heterocycles. The molecule has 1 saturated heterocycles. The summed E-state index contributed by atoms with van der Waals surface area (Å²) in [6, 6.07) is 10.9. The molecule has 3 aromatic rings. The first-order valence-electron chi connectivity index (χ1n) is 10.6. The van der Waals surface area contributed by atoms with E-state index in [9.17, 15) is 9.00 Å². The number of morpholine rings is 1. The predicted octanol–water partition coefficient (Wildman–Crippen LogP) is 3.29. The van der Waals surface area contributed by atoms with E-state index in [-0.39, 0.29) is 11.6 Å². The van der Waals surface area contributed by atoms with E-state index >= 15 is 0 Å². The minimum absolute atomic E-state index is 0.0863. The largest absolute Gasteiger partial charge is 0.378 e. The third-order valence-corrected chi connectivity index (χ3v) is 6.97. The number of rotatable bonds is 5. The Morgan fingerprint density at radius 2 is 1.91 bits per heavy atom. The summed E-state index contributed by atoms with van der Waals surface area (Å²) in [7, 11) is -1.14. The van der Waals surface area contributed by atoms with Gasteiger partial charge < -0.3 is 15.0 Å². The maximum Gasteiger partial charge on any atom is 0.262 e. The molecule has 0 bridgehead atoms. The molecular weight excluding hydrogens is 426 g/mol. The van der Waals surface area contributed by atoms with Gasteiger partial charge in [0.05, 0.1) is 50.5 Å². The zero-order valence-electron chi connectivity index (χ0n) is 18.8. The molecule has 0 amide bonds. The number of nitrogens with zero attached hydrogens (tertiary/aromatic N) is 3. The predicted molar refractivity (Wildman–Crippen MR) is 128 cm³/mol. The fourth-order valence-electron chi connectivity index (χ4n) is 4.15. The van der Waals surface area contributed by atoms with Gasteiger partial charge in [0, 0.05) is 32.0 Å². The van der Waals surface area contributed by atoms with Crippen LogP contribution in [0.3, 0.4) is 0 Å². The van der Waals surface area contributed by atoms with Crippen LogP contribution in [0.15, 0.2) is 46.1 Å². The van der Waals surface area contributed by atoms with E-state index in [1.54, 1.807) is 23.7 Å². The molecule has 2 aromatic carbocycles. The van der Waals surface area contributed by atoms with E-state index < -0.39 is 9.73 Å². The molecule has 2 N–H and O–H groups in total. The van der Waals surface area contributed by atoms with Crippen LogP contribution in [-0.2, 0) is 21.5 Å². The molecule has 0 radical (unpaired) electrons. The number of hydrogen-bond donors (Lipinski definition) is 2. The lowest BCUT2D eigenvalue weighted by molar-refractivity contribution is 0.121. The van der Waals surface area contributed by atoms with Crippen molar-refractivity contribution in [3.05, 3.63) is 57.9 Å². The molecule has 4 rings (SSSR count). The Labute approximate surface area is 188 Å². The van der Waals surface area contributed by atoms with Crippen LogP contribution in [0.5, 0.6) is 0 Å². The summed E-state index contributed by atoms with van der Waals surface area (Å²) < 4.78 is 27.6. The lowest BCUT2D eigenvalue weighted by Crippen LogP contribution is -2.40. The second kappa shape index (κ2) is 8.55. The molecule has 1 aliphatic rings. The van der Waals surface area contributed by atoms with Gasteiger partial charge in [0.2, 0.25) is 5.95 Å². The van der Waals surface area contributed by atoms with E-state index in [0.29, 0.717) is 53.7 Å². The third kappa shape index (κ3) is 4.22. The van der Waals surface area contributed by atoms with Crippen molar-refractivity contribution in [3.63, 3.8) is 0 Å². The average Bonchev–Trinajstić information content (AvgIpc) is 2.76. The number of ether oxygens (including phenoxy) is 1. The van der Waals surface area contributed by atoms with Gasteiger partial charge in [-0.05, 0) is 37.6 Å². The van der Waals surface area contributed by atoms with Gasteiger partial charge in [-0.2, -0.15) is 0 Å². The first-order chi connectivity index (χ1) is 15.2. The highest BCUT2D eigenvalue weighted by atomic mass is 32.2. The molecular formula is C23H29N5O3S. The van der Waals surface area contributed by atoms with Gasteiger partial charge in [-0.1, -0.05) is 18.2 Å². The smallest absolute Gasteiger partial charge is 0.262 e.